The molecule has 2 aromatic carbocycles. The van der Waals surface area contributed by atoms with Gasteiger partial charge in [0.1, 0.15) is 5.75 Å². The van der Waals surface area contributed by atoms with Gasteiger partial charge in [0, 0.05) is 12.1 Å². The van der Waals surface area contributed by atoms with Crippen LogP contribution in [0.15, 0.2) is 36.4 Å². The van der Waals surface area contributed by atoms with Gasteiger partial charge in [0.2, 0.25) is 0 Å². The second-order valence-electron chi connectivity index (χ2n) is 5.06. The molecule has 2 nitrogen and oxygen atoms in total. The molecule has 0 spiro atoms. The maximum Gasteiger partial charge on any atom is 0.123 e. The van der Waals surface area contributed by atoms with Crippen LogP contribution in [0.25, 0.3) is 10.8 Å². The molecule has 0 radical (unpaired) electrons. The molecule has 0 aliphatic rings. The summed E-state index contributed by atoms with van der Waals surface area (Å²) in [6.07, 6.45) is 2.47. The van der Waals surface area contributed by atoms with Gasteiger partial charge >= 0.3 is 0 Å². The zero-order valence-corrected chi connectivity index (χ0v) is 12.1. The fourth-order valence-electron chi connectivity index (χ4n) is 2.45. The Morgan fingerprint density at radius 2 is 1.89 bits per heavy atom. The molecule has 0 fully saturated rings. The number of fused-ring (bicyclic) bond motifs is 1. The first kappa shape index (κ1) is 13.9. The van der Waals surface area contributed by atoms with E-state index in [9.17, 15) is 0 Å². The van der Waals surface area contributed by atoms with Crippen LogP contribution < -0.4 is 4.74 Å². The number of unbranched alkanes of at least 4 members (excludes halogenated alkanes) is 1. The fourth-order valence-corrected chi connectivity index (χ4v) is 2.45. The number of ether oxygens (including phenoxy) is 1. The summed E-state index contributed by atoms with van der Waals surface area (Å²) in [4.78, 5) is 2.37. The van der Waals surface area contributed by atoms with Crippen molar-refractivity contribution in [1.82, 2.24) is 4.90 Å². The third-order valence-electron chi connectivity index (χ3n) is 3.54. The average Bonchev–Trinajstić information content (AvgIpc) is 2.45. The van der Waals surface area contributed by atoms with Gasteiger partial charge in [0.15, 0.2) is 0 Å². The van der Waals surface area contributed by atoms with Crippen molar-refractivity contribution in [1.29, 1.82) is 0 Å². The van der Waals surface area contributed by atoms with Gasteiger partial charge < -0.3 is 9.64 Å². The second kappa shape index (κ2) is 6.58. The van der Waals surface area contributed by atoms with Crippen LogP contribution >= 0.6 is 0 Å². The Balaban J connectivity index is 2.33. The molecular weight excluding hydrogens is 234 g/mol. The summed E-state index contributed by atoms with van der Waals surface area (Å²) in [5.41, 5.74) is 1.29. The first-order valence-electron chi connectivity index (χ1n) is 6.99. The Labute approximate surface area is 116 Å². The second-order valence-corrected chi connectivity index (χ2v) is 5.06. The van der Waals surface area contributed by atoms with E-state index in [4.69, 9.17) is 4.74 Å². The van der Waals surface area contributed by atoms with Crippen molar-refractivity contribution in [2.45, 2.75) is 26.3 Å². The van der Waals surface area contributed by atoms with E-state index >= 15 is 0 Å². The van der Waals surface area contributed by atoms with Gasteiger partial charge in [0.25, 0.3) is 0 Å². The highest BCUT2D eigenvalue weighted by molar-refractivity contribution is 5.87. The van der Waals surface area contributed by atoms with E-state index in [1.807, 2.05) is 0 Å². The summed E-state index contributed by atoms with van der Waals surface area (Å²) in [5, 5.41) is 2.58. The lowest BCUT2D eigenvalue weighted by molar-refractivity contribution is 0.313. The summed E-state index contributed by atoms with van der Waals surface area (Å²) >= 11 is 0. The predicted molar refractivity (Wildman–Crippen MR) is 81.7 cm³/mol. The number of nitrogens with zero attached hydrogens (tertiary/aromatic N) is 1. The number of hydrogen-bond donors (Lipinski definition) is 0. The number of hydrogen-bond acceptors (Lipinski definition) is 2. The summed E-state index contributed by atoms with van der Waals surface area (Å²) in [7, 11) is 3.93. The van der Waals surface area contributed by atoms with Crippen molar-refractivity contribution in [2.75, 3.05) is 20.7 Å². The molecule has 19 heavy (non-hydrogen) atoms. The topological polar surface area (TPSA) is 12.5 Å². The van der Waals surface area contributed by atoms with Crippen LogP contribution in [0.2, 0.25) is 0 Å². The normalized spacial score (nSPS) is 11.2. The van der Waals surface area contributed by atoms with Crippen molar-refractivity contribution in [3.8, 4) is 5.75 Å². The number of rotatable bonds is 6. The third kappa shape index (κ3) is 3.27. The van der Waals surface area contributed by atoms with Crippen molar-refractivity contribution < 1.29 is 4.74 Å². The van der Waals surface area contributed by atoms with Crippen molar-refractivity contribution in [3.63, 3.8) is 0 Å². The number of benzene rings is 2. The smallest absolute Gasteiger partial charge is 0.123 e. The van der Waals surface area contributed by atoms with Gasteiger partial charge in [-0.1, -0.05) is 43.7 Å². The summed E-state index contributed by atoms with van der Waals surface area (Å²) < 4.78 is 5.53. The lowest BCUT2D eigenvalue weighted by atomic mass is 10.0. The Bertz CT molecular complexity index is 536. The van der Waals surface area contributed by atoms with E-state index in [-0.39, 0.29) is 0 Å². The maximum atomic E-state index is 5.53. The van der Waals surface area contributed by atoms with E-state index in [1.54, 1.807) is 7.11 Å². The molecular formula is C17H23NO. The number of methoxy groups -OCH3 is 1. The first-order valence-corrected chi connectivity index (χ1v) is 6.99. The van der Waals surface area contributed by atoms with Crippen LogP contribution in [0.4, 0.5) is 0 Å². The monoisotopic (exact) mass is 257 g/mol. The SMILES string of the molecule is CCCCN(C)Cc1c(OC)ccc2ccccc12. The molecule has 102 valence electrons. The van der Waals surface area contributed by atoms with E-state index in [0.717, 1.165) is 18.8 Å². The quantitative estimate of drug-likeness (QED) is 0.773. The van der Waals surface area contributed by atoms with Crippen LogP contribution in [0, 0.1) is 0 Å². The fraction of sp³-hybridized carbons (Fsp3) is 0.412. The minimum absolute atomic E-state index is 0.935. The van der Waals surface area contributed by atoms with Crippen LogP contribution in [0.5, 0.6) is 5.75 Å². The van der Waals surface area contributed by atoms with Gasteiger partial charge in [-0.05, 0) is 36.9 Å². The van der Waals surface area contributed by atoms with Crippen molar-refractivity contribution >= 4 is 10.8 Å². The van der Waals surface area contributed by atoms with Crippen LogP contribution in [0.1, 0.15) is 25.3 Å². The van der Waals surface area contributed by atoms with Crippen LogP contribution in [0.3, 0.4) is 0 Å². The Kier molecular flexibility index (Phi) is 4.80. The first-order chi connectivity index (χ1) is 9.26. The largest absolute Gasteiger partial charge is 0.496 e. The molecule has 0 N–H and O–H groups in total. The lowest BCUT2D eigenvalue weighted by Crippen LogP contribution is -2.19. The Hall–Kier alpha value is -1.54. The van der Waals surface area contributed by atoms with Crippen LogP contribution in [-0.4, -0.2) is 25.6 Å². The van der Waals surface area contributed by atoms with Gasteiger partial charge in [-0.15, -0.1) is 0 Å². The zero-order chi connectivity index (χ0) is 13.7. The molecule has 0 aliphatic heterocycles. The highest BCUT2D eigenvalue weighted by Gasteiger charge is 2.10. The third-order valence-corrected chi connectivity index (χ3v) is 3.54. The molecule has 0 atom stereocenters. The maximum absolute atomic E-state index is 5.53. The van der Waals surface area contributed by atoms with Gasteiger partial charge in [-0.3, -0.25) is 0 Å². The van der Waals surface area contributed by atoms with E-state index in [2.05, 4.69) is 55.3 Å². The molecule has 0 aliphatic carbocycles. The molecule has 0 unspecified atom stereocenters. The molecule has 0 heterocycles. The molecule has 0 amide bonds. The summed E-state index contributed by atoms with van der Waals surface area (Å²) in [6.45, 7) is 4.29. The molecule has 2 heteroatoms. The van der Waals surface area contributed by atoms with Gasteiger partial charge in [-0.2, -0.15) is 0 Å². The predicted octanol–water partition coefficient (Wildman–Crippen LogP) is 4.08. The van der Waals surface area contributed by atoms with E-state index < -0.39 is 0 Å². The molecule has 0 saturated carbocycles. The van der Waals surface area contributed by atoms with Crippen molar-refractivity contribution in [3.05, 3.63) is 42.0 Å². The van der Waals surface area contributed by atoms with Crippen LogP contribution in [-0.2, 0) is 6.54 Å². The lowest BCUT2D eigenvalue weighted by Gasteiger charge is -2.19. The molecule has 0 aromatic heterocycles. The standard InChI is InChI=1S/C17H23NO/c1-4-5-12-18(2)13-16-15-9-7-6-8-14(15)10-11-17(16)19-3/h6-11H,4-5,12-13H2,1-3H3. The minimum atomic E-state index is 0.935. The Morgan fingerprint density at radius 1 is 1.11 bits per heavy atom. The van der Waals surface area contributed by atoms with Gasteiger partial charge in [-0.25, -0.2) is 0 Å². The van der Waals surface area contributed by atoms with Gasteiger partial charge in [0.05, 0.1) is 7.11 Å². The zero-order valence-electron chi connectivity index (χ0n) is 12.1. The average molecular weight is 257 g/mol. The highest BCUT2D eigenvalue weighted by Crippen LogP contribution is 2.28. The molecule has 0 bridgehead atoms. The molecule has 2 rings (SSSR count). The van der Waals surface area contributed by atoms with E-state index in [1.165, 1.54) is 29.2 Å². The Morgan fingerprint density at radius 3 is 2.63 bits per heavy atom. The molecule has 0 saturated heterocycles. The minimum Gasteiger partial charge on any atom is -0.496 e. The van der Waals surface area contributed by atoms with Crippen molar-refractivity contribution in [2.24, 2.45) is 0 Å². The summed E-state index contributed by atoms with van der Waals surface area (Å²) in [5.74, 6) is 0.988. The molecule has 2 aromatic rings. The van der Waals surface area contributed by atoms with E-state index in [0.29, 0.717) is 0 Å². The summed E-state index contributed by atoms with van der Waals surface area (Å²) in [6, 6.07) is 12.7. The highest BCUT2D eigenvalue weighted by atomic mass is 16.5.